The Bertz CT molecular complexity index is 348. The number of rotatable bonds is 1. The van der Waals surface area contributed by atoms with Gasteiger partial charge in [-0.05, 0) is 29.3 Å². The summed E-state index contributed by atoms with van der Waals surface area (Å²) in [4.78, 5) is 2.95. The summed E-state index contributed by atoms with van der Waals surface area (Å²) in [7, 11) is 0. The van der Waals surface area contributed by atoms with Gasteiger partial charge in [-0.2, -0.15) is 0 Å². The van der Waals surface area contributed by atoms with Crippen LogP contribution in [0.4, 0.5) is 4.39 Å². The highest BCUT2D eigenvalue weighted by Gasteiger charge is 1.96. The van der Waals surface area contributed by atoms with Crippen LogP contribution >= 0.6 is 0 Å². The van der Waals surface area contributed by atoms with E-state index in [9.17, 15) is 4.39 Å². The Balaban J connectivity index is 2.43. The van der Waals surface area contributed by atoms with E-state index in [1.165, 1.54) is 12.1 Å². The first-order valence-electron chi connectivity index (χ1n) is 3.75. The fourth-order valence-corrected chi connectivity index (χ4v) is 1.15. The summed E-state index contributed by atoms with van der Waals surface area (Å²) in [6, 6.07) is 8.40. The smallest absolute Gasteiger partial charge is 0.123 e. The SMILES string of the molecule is Fc1ccc(-c2cc[nH]c2)cc1. The lowest BCUT2D eigenvalue weighted by Gasteiger charge is -1.95. The van der Waals surface area contributed by atoms with Crippen molar-refractivity contribution in [1.82, 2.24) is 4.98 Å². The highest BCUT2D eigenvalue weighted by molar-refractivity contribution is 5.62. The fraction of sp³-hybridized carbons (Fsp3) is 0. The lowest BCUT2D eigenvalue weighted by atomic mass is 10.1. The molecule has 0 aliphatic rings. The number of halogens is 1. The molecule has 1 N–H and O–H groups in total. The molecule has 1 aromatic carbocycles. The summed E-state index contributed by atoms with van der Waals surface area (Å²) in [5, 5.41) is 0. The molecule has 0 fully saturated rings. The number of benzene rings is 1. The molecule has 0 unspecified atom stereocenters. The number of aromatic nitrogens is 1. The summed E-state index contributed by atoms with van der Waals surface area (Å²) in [5.74, 6) is -0.200. The third-order valence-electron chi connectivity index (χ3n) is 1.78. The van der Waals surface area contributed by atoms with Crippen molar-refractivity contribution in [2.24, 2.45) is 0 Å². The maximum absolute atomic E-state index is 12.5. The third-order valence-corrected chi connectivity index (χ3v) is 1.78. The Hall–Kier alpha value is -1.57. The van der Waals surface area contributed by atoms with E-state index in [0.29, 0.717) is 0 Å². The fourth-order valence-electron chi connectivity index (χ4n) is 1.15. The second kappa shape index (κ2) is 2.81. The van der Waals surface area contributed by atoms with Gasteiger partial charge in [0, 0.05) is 12.4 Å². The zero-order valence-electron chi connectivity index (χ0n) is 6.42. The van der Waals surface area contributed by atoms with Gasteiger partial charge in [0.25, 0.3) is 0 Å². The number of hydrogen-bond donors (Lipinski definition) is 1. The molecule has 0 saturated carbocycles. The van der Waals surface area contributed by atoms with Crippen molar-refractivity contribution in [2.75, 3.05) is 0 Å². The molecule has 12 heavy (non-hydrogen) atoms. The molecule has 0 radical (unpaired) electrons. The molecule has 0 bridgehead atoms. The Morgan fingerprint density at radius 3 is 2.25 bits per heavy atom. The molecule has 60 valence electrons. The average Bonchev–Trinajstić information content (AvgIpc) is 2.58. The van der Waals surface area contributed by atoms with E-state index in [1.54, 1.807) is 12.1 Å². The van der Waals surface area contributed by atoms with E-state index in [-0.39, 0.29) is 5.82 Å². The second-order valence-corrected chi connectivity index (χ2v) is 2.61. The second-order valence-electron chi connectivity index (χ2n) is 2.61. The summed E-state index contributed by atoms with van der Waals surface area (Å²) in [6.07, 6.45) is 3.73. The Morgan fingerprint density at radius 1 is 0.917 bits per heavy atom. The van der Waals surface area contributed by atoms with Gasteiger partial charge < -0.3 is 4.98 Å². The highest BCUT2D eigenvalue weighted by atomic mass is 19.1. The Morgan fingerprint density at radius 2 is 1.67 bits per heavy atom. The molecule has 2 rings (SSSR count). The van der Waals surface area contributed by atoms with E-state index in [0.717, 1.165) is 11.1 Å². The number of hydrogen-bond acceptors (Lipinski definition) is 0. The van der Waals surface area contributed by atoms with Crippen LogP contribution in [0.3, 0.4) is 0 Å². The summed E-state index contributed by atoms with van der Waals surface area (Å²) in [5.41, 5.74) is 2.10. The average molecular weight is 161 g/mol. The van der Waals surface area contributed by atoms with Crippen LogP contribution in [-0.2, 0) is 0 Å². The van der Waals surface area contributed by atoms with Gasteiger partial charge in [-0.15, -0.1) is 0 Å². The molecular weight excluding hydrogens is 153 g/mol. The van der Waals surface area contributed by atoms with Gasteiger partial charge >= 0.3 is 0 Å². The third kappa shape index (κ3) is 1.23. The monoisotopic (exact) mass is 161 g/mol. The van der Waals surface area contributed by atoms with Crippen LogP contribution in [0.15, 0.2) is 42.7 Å². The van der Waals surface area contributed by atoms with E-state index in [1.807, 2.05) is 18.5 Å². The first-order valence-corrected chi connectivity index (χ1v) is 3.75. The normalized spacial score (nSPS) is 10.1. The molecule has 2 aromatic rings. The minimum Gasteiger partial charge on any atom is -0.367 e. The number of nitrogens with one attached hydrogen (secondary N) is 1. The summed E-state index contributed by atoms with van der Waals surface area (Å²) >= 11 is 0. The topological polar surface area (TPSA) is 15.8 Å². The molecule has 0 amide bonds. The van der Waals surface area contributed by atoms with Crippen molar-refractivity contribution in [2.45, 2.75) is 0 Å². The first kappa shape index (κ1) is 7.10. The highest BCUT2D eigenvalue weighted by Crippen LogP contribution is 2.17. The predicted octanol–water partition coefficient (Wildman–Crippen LogP) is 2.82. The van der Waals surface area contributed by atoms with Gasteiger partial charge in [0.15, 0.2) is 0 Å². The van der Waals surface area contributed by atoms with E-state index < -0.39 is 0 Å². The van der Waals surface area contributed by atoms with Gasteiger partial charge in [0.2, 0.25) is 0 Å². The molecular formula is C10H8FN. The van der Waals surface area contributed by atoms with Crippen LogP contribution in [0.2, 0.25) is 0 Å². The van der Waals surface area contributed by atoms with Gasteiger partial charge in [0.05, 0.1) is 0 Å². The lowest BCUT2D eigenvalue weighted by Crippen LogP contribution is -1.74. The zero-order chi connectivity index (χ0) is 8.39. The van der Waals surface area contributed by atoms with Crippen LogP contribution in [-0.4, -0.2) is 4.98 Å². The maximum Gasteiger partial charge on any atom is 0.123 e. The molecule has 0 saturated heterocycles. The number of H-pyrrole nitrogens is 1. The van der Waals surface area contributed by atoms with Crippen LogP contribution in [0, 0.1) is 5.82 Å². The van der Waals surface area contributed by atoms with E-state index in [4.69, 9.17) is 0 Å². The van der Waals surface area contributed by atoms with E-state index >= 15 is 0 Å². The molecule has 0 atom stereocenters. The lowest BCUT2D eigenvalue weighted by molar-refractivity contribution is 0.628. The minimum absolute atomic E-state index is 0.200. The molecule has 2 heteroatoms. The molecule has 0 aliphatic heterocycles. The maximum atomic E-state index is 12.5. The van der Waals surface area contributed by atoms with Crippen molar-refractivity contribution in [3.05, 3.63) is 48.5 Å². The van der Waals surface area contributed by atoms with Crippen molar-refractivity contribution in [3.63, 3.8) is 0 Å². The van der Waals surface area contributed by atoms with E-state index in [2.05, 4.69) is 4.98 Å². The van der Waals surface area contributed by atoms with Crippen LogP contribution in [0.1, 0.15) is 0 Å². The minimum atomic E-state index is -0.200. The molecule has 0 aliphatic carbocycles. The largest absolute Gasteiger partial charge is 0.367 e. The Labute approximate surface area is 69.9 Å². The van der Waals surface area contributed by atoms with Crippen LogP contribution in [0.25, 0.3) is 11.1 Å². The first-order chi connectivity index (χ1) is 5.86. The summed E-state index contributed by atoms with van der Waals surface area (Å²) < 4.78 is 12.5. The standard InChI is InChI=1S/C10H8FN/c11-10-3-1-8(2-4-10)9-5-6-12-7-9/h1-7,12H. The van der Waals surface area contributed by atoms with Crippen LogP contribution < -0.4 is 0 Å². The summed E-state index contributed by atoms with van der Waals surface area (Å²) in [6.45, 7) is 0. The van der Waals surface area contributed by atoms with Crippen molar-refractivity contribution in [1.29, 1.82) is 0 Å². The molecule has 0 spiro atoms. The van der Waals surface area contributed by atoms with Gasteiger partial charge in [-0.25, -0.2) is 4.39 Å². The zero-order valence-corrected chi connectivity index (χ0v) is 6.42. The van der Waals surface area contributed by atoms with Gasteiger partial charge in [-0.3, -0.25) is 0 Å². The van der Waals surface area contributed by atoms with Gasteiger partial charge in [0.1, 0.15) is 5.82 Å². The molecule has 1 nitrogen and oxygen atoms in total. The quantitative estimate of drug-likeness (QED) is 0.662. The number of aromatic amines is 1. The van der Waals surface area contributed by atoms with Crippen molar-refractivity contribution < 1.29 is 4.39 Å². The van der Waals surface area contributed by atoms with Crippen molar-refractivity contribution >= 4 is 0 Å². The Kier molecular flexibility index (Phi) is 1.67. The van der Waals surface area contributed by atoms with Crippen LogP contribution in [0.5, 0.6) is 0 Å². The van der Waals surface area contributed by atoms with Gasteiger partial charge in [-0.1, -0.05) is 12.1 Å². The molecule has 1 heterocycles. The predicted molar refractivity (Wildman–Crippen MR) is 46.2 cm³/mol. The van der Waals surface area contributed by atoms with Crippen molar-refractivity contribution in [3.8, 4) is 11.1 Å². The molecule has 1 aromatic heterocycles.